The van der Waals surface area contributed by atoms with Crippen LogP contribution in [0.3, 0.4) is 0 Å². The molecule has 0 unspecified atom stereocenters. The first kappa shape index (κ1) is 13.0. The topological polar surface area (TPSA) is 12.0 Å². The van der Waals surface area contributed by atoms with E-state index in [1.54, 1.807) is 0 Å². The van der Waals surface area contributed by atoms with Gasteiger partial charge in [0, 0.05) is 5.54 Å². The maximum Gasteiger partial charge on any atom is 0.0181 e. The predicted molar refractivity (Wildman–Crippen MR) is 68.3 cm³/mol. The minimum atomic E-state index is 0.545. The summed E-state index contributed by atoms with van der Waals surface area (Å²) in [6.07, 6.45) is 14.0. The second-order valence-electron chi connectivity index (χ2n) is 5.22. The van der Waals surface area contributed by atoms with Crippen molar-refractivity contribution >= 4 is 0 Å². The molecule has 0 radical (unpaired) electrons. The smallest absolute Gasteiger partial charge is 0.0181 e. The van der Waals surface area contributed by atoms with Crippen LogP contribution >= 0.6 is 0 Å². The summed E-state index contributed by atoms with van der Waals surface area (Å²) in [6, 6.07) is 0. The van der Waals surface area contributed by atoms with E-state index in [4.69, 9.17) is 0 Å². The van der Waals surface area contributed by atoms with Crippen LogP contribution in [0.2, 0.25) is 0 Å². The third-order valence-electron chi connectivity index (χ3n) is 3.85. The van der Waals surface area contributed by atoms with Gasteiger partial charge in [-0.1, -0.05) is 52.4 Å². The van der Waals surface area contributed by atoms with Crippen molar-refractivity contribution in [2.24, 2.45) is 0 Å². The Morgan fingerprint density at radius 3 is 2.20 bits per heavy atom. The molecule has 0 heterocycles. The first-order valence-corrected chi connectivity index (χ1v) is 7.08. The van der Waals surface area contributed by atoms with Crippen molar-refractivity contribution < 1.29 is 0 Å². The summed E-state index contributed by atoms with van der Waals surface area (Å²) >= 11 is 0. The van der Waals surface area contributed by atoms with Gasteiger partial charge in [-0.2, -0.15) is 0 Å². The Morgan fingerprint density at radius 1 is 0.933 bits per heavy atom. The third kappa shape index (κ3) is 4.55. The fraction of sp³-hybridized carbons (Fsp3) is 1.00. The van der Waals surface area contributed by atoms with E-state index in [1.165, 1.54) is 70.8 Å². The third-order valence-corrected chi connectivity index (χ3v) is 3.85. The molecule has 0 aromatic heterocycles. The molecule has 90 valence electrons. The fourth-order valence-corrected chi connectivity index (χ4v) is 2.81. The second-order valence-corrected chi connectivity index (χ2v) is 5.22. The summed E-state index contributed by atoms with van der Waals surface area (Å²) in [7, 11) is 0. The SMILES string of the molecule is CCCCCNC1(CCCC)CCCC1. The number of unbranched alkanes of at least 4 members (excludes halogenated alkanes) is 3. The molecular weight excluding hydrogens is 182 g/mol. The fourth-order valence-electron chi connectivity index (χ4n) is 2.81. The molecule has 1 heteroatoms. The van der Waals surface area contributed by atoms with Crippen LogP contribution in [0.4, 0.5) is 0 Å². The van der Waals surface area contributed by atoms with Crippen LogP contribution < -0.4 is 5.32 Å². The van der Waals surface area contributed by atoms with Crippen LogP contribution in [0.1, 0.15) is 78.1 Å². The van der Waals surface area contributed by atoms with E-state index >= 15 is 0 Å². The summed E-state index contributed by atoms with van der Waals surface area (Å²) in [5.74, 6) is 0. The van der Waals surface area contributed by atoms with Gasteiger partial charge in [0.1, 0.15) is 0 Å². The molecule has 1 saturated carbocycles. The Balaban J connectivity index is 2.23. The number of nitrogens with one attached hydrogen (secondary N) is 1. The Hall–Kier alpha value is -0.0400. The quantitative estimate of drug-likeness (QED) is 0.591. The standard InChI is InChI=1S/C14H29N/c1-3-5-9-13-15-14(10-6-4-2)11-7-8-12-14/h15H,3-13H2,1-2H3. The molecular formula is C14H29N. The molecule has 0 aromatic rings. The average molecular weight is 211 g/mol. The molecule has 1 nitrogen and oxygen atoms in total. The van der Waals surface area contributed by atoms with Gasteiger partial charge in [-0.15, -0.1) is 0 Å². The van der Waals surface area contributed by atoms with Gasteiger partial charge in [0.15, 0.2) is 0 Å². The van der Waals surface area contributed by atoms with Crippen LogP contribution in [0, 0.1) is 0 Å². The molecule has 1 N–H and O–H groups in total. The number of rotatable bonds is 8. The lowest BCUT2D eigenvalue weighted by atomic mass is 9.90. The molecule has 0 spiro atoms. The number of hydrogen-bond donors (Lipinski definition) is 1. The molecule has 0 atom stereocenters. The van der Waals surface area contributed by atoms with Crippen molar-refractivity contribution in [1.29, 1.82) is 0 Å². The lowest BCUT2D eigenvalue weighted by molar-refractivity contribution is 0.298. The second kappa shape index (κ2) is 7.27. The van der Waals surface area contributed by atoms with Crippen molar-refractivity contribution in [3.8, 4) is 0 Å². The monoisotopic (exact) mass is 211 g/mol. The highest BCUT2D eigenvalue weighted by Gasteiger charge is 2.31. The minimum absolute atomic E-state index is 0.545. The van der Waals surface area contributed by atoms with Crippen LogP contribution in [-0.2, 0) is 0 Å². The Kier molecular flexibility index (Phi) is 6.31. The summed E-state index contributed by atoms with van der Waals surface area (Å²) in [6.45, 7) is 5.83. The molecule has 0 saturated heterocycles. The Bertz CT molecular complexity index is 147. The van der Waals surface area contributed by atoms with E-state index < -0.39 is 0 Å². The summed E-state index contributed by atoms with van der Waals surface area (Å²) < 4.78 is 0. The molecule has 1 fully saturated rings. The van der Waals surface area contributed by atoms with E-state index in [0.717, 1.165) is 0 Å². The van der Waals surface area contributed by atoms with Gasteiger partial charge < -0.3 is 5.32 Å². The molecule has 1 aliphatic carbocycles. The van der Waals surface area contributed by atoms with E-state index in [2.05, 4.69) is 19.2 Å². The zero-order valence-corrected chi connectivity index (χ0v) is 10.8. The number of hydrogen-bond acceptors (Lipinski definition) is 1. The largest absolute Gasteiger partial charge is 0.311 e. The Labute approximate surface area is 96.0 Å². The summed E-state index contributed by atoms with van der Waals surface area (Å²) in [5, 5.41) is 3.86. The van der Waals surface area contributed by atoms with E-state index in [0.29, 0.717) is 5.54 Å². The van der Waals surface area contributed by atoms with E-state index in [9.17, 15) is 0 Å². The lowest BCUT2D eigenvalue weighted by Gasteiger charge is -2.30. The van der Waals surface area contributed by atoms with Crippen molar-refractivity contribution in [2.75, 3.05) is 6.54 Å². The van der Waals surface area contributed by atoms with Crippen molar-refractivity contribution in [3.63, 3.8) is 0 Å². The van der Waals surface area contributed by atoms with Crippen molar-refractivity contribution in [1.82, 2.24) is 5.32 Å². The zero-order valence-electron chi connectivity index (χ0n) is 10.8. The molecule has 0 aliphatic heterocycles. The van der Waals surface area contributed by atoms with E-state index in [-0.39, 0.29) is 0 Å². The summed E-state index contributed by atoms with van der Waals surface area (Å²) in [4.78, 5) is 0. The van der Waals surface area contributed by atoms with Crippen LogP contribution in [0.5, 0.6) is 0 Å². The van der Waals surface area contributed by atoms with Gasteiger partial charge in [-0.3, -0.25) is 0 Å². The highest BCUT2D eigenvalue weighted by molar-refractivity contribution is 4.92. The van der Waals surface area contributed by atoms with Gasteiger partial charge >= 0.3 is 0 Å². The molecule has 0 amide bonds. The van der Waals surface area contributed by atoms with Gasteiger partial charge in [0.2, 0.25) is 0 Å². The first-order valence-electron chi connectivity index (χ1n) is 7.08. The molecule has 1 rings (SSSR count). The normalized spacial score (nSPS) is 19.6. The highest BCUT2D eigenvalue weighted by atomic mass is 15.0. The average Bonchev–Trinajstić information content (AvgIpc) is 2.71. The highest BCUT2D eigenvalue weighted by Crippen LogP contribution is 2.33. The maximum absolute atomic E-state index is 3.86. The van der Waals surface area contributed by atoms with Crippen molar-refractivity contribution in [2.45, 2.75) is 83.6 Å². The molecule has 0 aromatic carbocycles. The first-order chi connectivity index (χ1) is 7.33. The minimum Gasteiger partial charge on any atom is -0.311 e. The lowest BCUT2D eigenvalue weighted by Crippen LogP contribution is -2.43. The van der Waals surface area contributed by atoms with Gasteiger partial charge in [0.25, 0.3) is 0 Å². The molecule has 0 bridgehead atoms. The van der Waals surface area contributed by atoms with Gasteiger partial charge in [0.05, 0.1) is 0 Å². The maximum atomic E-state index is 3.86. The molecule has 15 heavy (non-hydrogen) atoms. The summed E-state index contributed by atoms with van der Waals surface area (Å²) in [5.41, 5.74) is 0.545. The zero-order chi connectivity index (χ0) is 11.0. The van der Waals surface area contributed by atoms with Crippen molar-refractivity contribution in [3.05, 3.63) is 0 Å². The Morgan fingerprint density at radius 2 is 1.60 bits per heavy atom. The van der Waals surface area contributed by atoms with Gasteiger partial charge in [-0.25, -0.2) is 0 Å². The van der Waals surface area contributed by atoms with E-state index in [1.807, 2.05) is 0 Å². The van der Waals surface area contributed by atoms with Crippen LogP contribution in [-0.4, -0.2) is 12.1 Å². The molecule has 1 aliphatic rings. The predicted octanol–water partition coefficient (Wildman–Crippen LogP) is 4.27. The van der Waals surface area contributed by atoms with Gasteiger partial charge in [-0.05, 0) is 32.2 Å². The van der Waals surface area contributed by atoms with Crippen LogP contribution in [0.25, 0.3) is 0 Å². The van der Waals surface area contributed by atoms with Crippen LogP contribution in [0.15, 0.2) is 0 Å².